The Bertz CT molecular complexity index is 252. The molecule has 0 aromatic carbocycles. The molecule has 0 radical (unpaired) electrons. The van der Waals surface area contributed by atoms with Crippen LogP contribution in [0.3, 0.4) is 0 Å². The van der Waals surface area contributed by atoms with Crippen molar-refractivity contribution in [3.8, 4) is 0 Å². The van der Waals surface area contributed by atoms with Crippen LogP contribution in [-0.4, -0.2) is 42.5 Å². The SMILES string of the molecule is CCCNC(=O)CC(CN)N(CC(C)C)C(CC)CC. The second kappa shape index (κ2) is 11.1. The van der Waals surface area contributed by atoms with E-state index in [0.29, 0.717) is 24.9 Å². The summed E-state index contributed by atoms with van der Waals surface area (Å²) in [5, 5.41) is 2.96. The fourth-order valence-corrected chi connectivity index (χ4v) is 2.66. The van der Waals surface area contributed by atoms with E-state index in [1.807, 2.05) is 0 Å². The Balaban J connectivity index is 4.74. The van der Waals surface area contributed by atoms with Crippen LogP contribution >= 0.6 is 0 Å². The van der Waals surface area contributed by atoms with Gasteiger partial charge < -0.3 is 11.1 Å². The predicted molar refractivity (Wildman–Crippen MR) is 86.7 cm³/mol. The fourth-order valence-electron chi connectivity index (χ4n) is 2.66. The highest BCUT2D eigenvalue weighted by molar-refractivity contribution is 5.76. The molecule has 0 fully saturated rings. The monoisotopic (exact) mass is 285 g/mol. The third-order valence-corrected chi connectivity index (χ3v) is 3.72. The highest BCUT2D eigenvalue weighted by Crippen LogP contribution is 2.17. The lowest BCUT2D eigenvalue weighted by Gasteiger charge is -2.38. The van der Waals surface area contributed by atoms with Gasteiger partial charge in [0, 0.05) is 38.1 Å². The topological polar surface area (TPSA) is 58.4 Å². The van der Waals surface area contributed by atoms with Crippen molar-refractivity contribution in [3.63, 3.8) is 0 Å². The second-order valence-electron chi connectivity index (χ2n) is 6.00. The maximum absolute atomic E-state index is 12.0. The molecule has 1 atom stereocenters. The van der Waals surface area contributed by atoms with Crippen molar-refractivity contribution in [2.24, 2.45) is 11.7 Å². The molecule has 0 aliphatic carbocycles. The van der Waals surface area contributed by atoms with Gasteiger partial charge >= 0.3 is 0 Å². The van der Waals surface area contributed by atoms with Crippen LogP contribution in [0, 0.1) is 5.92 Å². The van der Waals surface area contributed by atoms with Crippen molar-refractivity contribution < 1.29 is 4.79 Å². The van der Waals surface area contributed by atoms with Gasteiger partial charge in [0.15, 0.2) is 0 Å². The lowest BCUT2D eigenvalue weighted by molar-refractivity contribution is -0.122. The summed E-state index contributed by atoms with van der Waals surface area (Å²) >= 11 is 0. The number of carbonyl (C=O) groups is 1. The third kappa shape index (κ3) is 7.25. The predicted octanol–water partition coefficient (Wildman–Crippen LogP) is 2.38. The standard InChI is InChI=1S/C16H35N3O/c1-6-9-18-16(20)10-15(11-17)19(12-13(4)5)14(7-2)8-3/h13-15H,6-12,17H2,1-5H3,(H,18,20). The Morgan fingerprint density at radius 1 is 1.15 bits per heavy atom. The maximum atomic E-state index is 12.0. The van der Waals surface area contributed by atoms with Crippen LogP contribution in [0.1, 0.15) is 60.3 Å². The molecule has 4 heteroatoms. The highest BCUT2D eigenvalue weighted by Gasteiger charge is 2.25. The quantitative estimate of drug-likeness (QED) is 0.613. The van der Waals surface area contributed by atoms with Crippen LogP contribution in [0.4, 0.5) is 0 Å². The minimum atomic E-state index is 0.127. The first kappa shape index (κ1) is 19.4. The van der Waals surface area contributed by atoms with Crippen LogP contribution in [0.15, 0.2) is 0 Å². The van der Waals surface area contributed by atoms with E-state index < -0.39 is 0 Å². The lowest BCUT2D eigenvalue weighted by Crippen LogP contribution is -2.50. The molecule has 1 amide bonds. The van der Waals surface area contributed by atoms with Gasteiger partial charge in [0.25, 0.3) is 0 Å². The van der Waals surface area contributed by atoms with Gasteiger partial charge in [0.1, 0.15) is 0 Å². The van der Waals surface area contributed by atoms with E-state index in [0.717, 1.165) is 32.4 Å². The van der Waals surface area contributed by atoms with Gasteiger partial charge in [0.2, 0.25) is 5.91 Å². The summed E-state index contributed by atoms with van der Waals surface area (Å²) in [5.74, 6) is 0.713. The summed E-state index contributed by atoms with van der Waals surface area (Å²) in [5.41, 5.74) is 5.95. The molecule has 0 saturated heterocycles. The van der Waals surface area contributed by atoms with Crippen LogP contribution in [0.5, 0.6) is 0 Å². The van der Waals surface area contributed by atoms with Crippen LogP contribution in [0.2, 0.25) is 0 Å². The first-order chi connectivity index (χ1) is 9.49. The number of amides is 1. The molecule has 0 rings (SSSR count). The van der Waals surface area contributed by atoms with Crippen molar-refractivity contribution in [2.45, 2.75) is 72.4 Å². The Morgan fingerprint density at radius 3 is 2.15 bits per heavy atom. The maximum Gasteiger partial charge on any atom is 0.221 e. The van der Waals surface area contributed by atoms with E-state index in [-0.39, 0.29) is 11.9 Å². The second-order valence-corrected chi connectivity index (χ2v) is 6.00. The van der Waals surface area contributed by atoms with Gasteiger partial charge in [-0.3, -0.25) is 9.69 Å². The minimum absolute atomic E-state index is 0.127. The third-order valence-electron chi connectivity index (χ3n) is 3.72. The molecular weight excluding hydrogens is 250 g/mol. The van der Waals surface area contributed by atoms with Gasteiger partial charge in [-0.25, -0.2) is 0 Å². The van der Waals surface area contributed by atoms with E-state index in [1.54, 1.807) is 0 Å². The van der Waals surface area contributed by atoms with Crippen LogP contribution in [-0.2, 0) is 4.79 Å². The summed E-state index contributed by atoms with van der Waals surface area (Å²) in [6.45, 7) is 13.2. The summed E-state index contributed by atoms with van der Waals surface area (Å²) in [6.07, 6.45) is 3.70. The first-order valence-electron chi connectivity index (χ1n) is 8.22. The summed E-state index contributed by atoms with van der Waals surface area (Å²) in [7, 11) is 0. The number of hydrogen-bond acceptors (Lipinski definition) is 3. The molecule has 1 unspecified atom stereocenters. The molecule has 0 bridgehead atoms. The number of nitrogens with one attached hydrogen (secondary N) is 1. The van der Waals surface area contributed by atoms with E-state index in [1.165, 1.54) is 0 Å². The average Bonchev–Trinajstić information content (AvgIpc) is 2.42. The molecular formula is C16H35N3O. The molecule has 0 aliphatic heterocycles. The molecule has 120 valence electrons. The van der Waals surface area contributed by atoms with E-state index in [2.05, 4.69) is 44.8 Å². The van der Waals surface area contributed by atoms with Gasteiger partial charge in [0.05, 0.1) is 0 Å². The summed E-state index contributed by atoms with van der Waals surface area (Å²) < 4.78 is 0. The Hall–Kier alpha value is -0.610. The number of nitrogens with zero attached hydrogens (tertiary/aromatic N) is 1. The average molecular weight is 285 g/mol. The molecule has 0 spiro atoms. The van der Waals surface area contributed by atoms with Gasteiger partial charge in [-0.1, -0.05) is 34.6 Å². The van der Waals surface area contributed by atoms with Gasteiger partial charge in [-0.2, -0.15) is 0 Å². The molecule has 0 aromatic rings. The van der Waals surface area contributed by atoms with Crippen LogP contribution < -0.4 is 11.1 Å². The first-order valence-corrected chi connectivity index (χ1v) is 8.22. The van der Waals surface area contributed by atoms with Gasteiger partial charge in [-0.15, -0.1) is 0 Å². The molecule has 0 saturated carbocycles. The van der Waals surface area contributed by atoms with Crippen LogP contribution in [0.25, 0.3) is 0 Å². The minimum Gasteiger partial charge on any atom is -0.356 e. The molecule has 0 aliphatic rings. The zero-order valence-corrected chi connectivity index (χ0v) is 14.1. The highest BCUT2D eigenvalue weighted by atomic mass is 16.1. The Morgan fingerprint density at radius 2 is 1.75 bits per heavy atom. The van der Waals surface area contributed by atoms with Crippen molar-refractivity contribution >= 4 is 5.91 Å². The Kier molecular flexibility index (Phi) is 10.8. The molecule has 20 heavy (non-hydrogen) atoms. The Labute approximate surface area is 125 Å². The van der Waals surface area contributed by atoms with Crippen molar-refractivity contribution in [1.29, 1.82) is 0 Å². The largest absolute Gasteiger partial charge is 0.356 e. The molecule has 3 N–H and O–H groups in total. The zero-order chi connectivity index (χ0) is 15.5. The van der Waals surface area contributed by atoms with E-state index in [9.17, 15) is 4.79 Å². The molecule has 4 nitrogen and oxygen atoms in total. The molecule has 0 heterocycles. The van der Waals surface area contributed by atoms with Crippen molar-refractivity contribution in [1.82, 2.24) is 10.2 Å². The summed E-state index contributed by atoms with van der Waals surface area (Å²) in [6, 6.07) is 0.670. The molecule has 0 aromatic heterocycles. The van der Waals surface area contributed by atoms with E-state index >= 15 is 0 Å². The summed E-state index contributed by atoms with van der Waals surface area (Å²) in [4.78, 5) is 14.4. The van der Waals surface area contributed by atoms with Gasteiger partial charge in [-0.05, 0) is 25.2 Å². The fraction of sp³-hybridized carbons (Fsp3) is 0.938. The number of rotatable bonds is 11. The van der Waals surface area contributed by atoms with E-state index in [4.69, 9.17) is 5.73 Å². The van der Waals surface area contributed by atoms with Crippen molar-refractivity contribution in [2.75, 3.05) is 19.6 Å². The van der Waals surface area contributed by atoms with Crippen molar-refractivity contribution in [3.05, 3.63) is 0 Å². The lowest BCUT2D eigenvalue weighted by atomic mass is 10.0. The number of carbonyl (C=O) groups excluding carboxylic acids is 1. The number of nitrogens with two attached hydrogens (primary N) is 1. The smallest absolute Gasteiger partial charge is 0.221 e. The normalized spacial score (nSPS) is 13.2. The number of hydrogen-bond donors (Lipinski definition) is 2. The zero-order valence-electron chi connectivity index (χ0n) is 14.1.